The lowest BCUT2D eigenvalue weighted by molar-refractivity contribution is 0.144. The third-order valence-electron chi connectivity index (χ3n) is 4.10. The van der Waals surface area contributed by atoms with Crippen molar-refractivity contribution in [2.24, 2.45) is 0 Å². The molecule has 1 heterocycles. The number of carbonyl (C=O) groups is 1. The van der Waals surface area contributed by atoms with Gasteiger partial charge in [-0.3, -0.25) is 0 Å². The van der Waals surface area contributed by atoms with Crippen molar-refractivity contribution in [3.8, 4) is 22.6 Å². The second-order valence-corrected chi connectivity index (χ2v) is 6.78. The number of hydrogen-bond acceptors (Lipinski definition) is 4. The van der Waals surface area contributed by atoms with Crippen molar-refractivity contribution < 1.29 is 19.4 Å². The summed E-state index contributed by atoms with van der Waals surface area (Å²) in [4.78, 5) is 16.0. The highest BCUT2D eigenvalue weighted by atomic mass is 35.5. The highest BCUT2D eigenvalue weighted by molar-refractivity contribution is 6.31. The van der Waals surface area contributed by atoms with Crippen LogP contribution in [0.2, 0.25) is 5.02 Å². The van der Waals surface area contributed by atoms with Crippen LogP contribution in [0.25, 0.3) is 22.0 Å². The quantitative estimate of drug-likeness (QED) is 0.534. The Morgan fingerprint density at radius 2 is 2.00 bits per heavy atom. The Morgan fingerprint density at radius 3 is 2.67 bits per heavy atom. The number of halogens is 1. The van der Waals surface area contributed by atoms with Crippen molar-refractivity contribution >= 4 is 28.7 Å². The van der Waals surface area contributed by atoms with Gasteiger partial charge in [-0.25, -0.2) is 9.78 Å². The molecule has 6 heteroatoms. The van der Waals surface area contributed by atoms with Gasteiger partial charge in [-0.15, -0.1) is 0 Å². The van der Waals surface area contributed by atoms with Gasteiger partial charge in [0.15, 0.2) is 5.75 Å². The van der Waals surface area contributed by atoms with Crippen LogP contribution < -0.4 is 9.47 Å². The van der Waals surface area contributed by atoms with E-state index in [0.717, 1.165) is 16.5 Å². The van der Waals surface area contributed by atoms with E-state index in [0.29, 0.717) is 28.6 Å². The number of benzene rings is 2. The topological polar surface area (TPSA) is 68.7 Å². The van der Waals surface area contributed by atoms with E-state index < -0.39 is 6.16 Å². The van der Waals surface area contributed by atoms with Gasteiger partial charge in [0.25, 0.3) is 0 Å². The molecule has 0 spiro atoms. The molecule has 0 bridgehead atoms. The van der Waals surface area contributed by atoms with Crippen molar-refractivity contribution in [1.29, 1.82) is 0 Å². The van der Waals surface area contributed by atoms with Gasteiger partial charge in [-0.05, 0) is 48.7 Å². The second kappa shape index (κ2) is 7.84. The van der Waals surface area contributed by atoms with E-state index in [9.17, 15) is 9.90 Å². The summed E-state index contributed by atoms with van der Waals surface area (Å²) in [7, 11) is 0. The minimum absolute atomic E-state index is 0.0340. The molecule has 5 nitrogen and oxygen atoms in total. The first kappa shape index (κ1) is 19.0. The first-order chi connectivity index (χ1) is 12.9. The fraction of sp³-hybridized carbons (Fsp3) is 0.238. The number of aromatic nitrogens is 1. The lowest BCUT2D eigenvalue weighted by atomic mass is 9.95. The molecule has 3 aromatic rings. The van der Waals surface area contributed by atoms with E-state index in [1.807, 2.05) is 51.1 Å². The molecule has 140 valence electrons. The summed E-state index contributed by atoms with van der Waals surface area (Å²) >= 11 is 6.21. The lowest BCUT2D eigenvalue weighted by Crippen LogP contribution is -2.09. The molecule has 3 rings (SSSR count). The maximum Gasteiger partial charge on any atom is 0.511 e. The van der Waals surface area contributed by atoms with Crippen molar-refractivity contribution in [2.75, 3.05) is 6.61 Å². The summed E-state index contributed by atoms with van der Waals surface area (Å²) < 4.78 is 10.8. The van der Waals surface area contributed by atoms with Gasteiger partial charge >= 0.3 is 6.16 Å². The average Bonchev–Trinajstić information content (AvgIpc) is 2.61. The zero-order chi connectivity index (χ0) is 19.6. The number of ether oxygens (including phenoxy) is 2. The zero-order valence-corrected chi connectivity index (χ0v) is 16.1. The Balaban J connectivity index is 2.40. The molecule has 1 N–H and O–H groups in total. The Hall–Kier alpha value is -2.79. The molecule has 0 saturated carbocycles. The molecule has 0 amide bonds. The zero-order valence-electron chi connectivity index (χ0n) is 15.3. The molecule has 0 aliphatic carbocycles. The minimum Gasteiger partial charge on any atom is -0.494 e. The third-order valence-corrected chi connectivity index (χ3v) is 4.33. The molecule has 0 radical (unpaired) electrons. The number of nitrogens with zero attached hydrogens (tertiary/aromatic N) is 1. The highest BCUT2D eigenvalue weighted by Crippen LogP contribution is 2.42. The Labute approximate surface area is 162 Å². The lowest BCUT2D eigenvalue weighted by Gasteiger charge is -2.18. The predicted molar refractivity (Wildman–Crippen MR) is 106 cm³/mol. The number of pyridine rings is 1. The molecular formula is C21H20ClNO4. The Morgan fingerprint density at radius 1 is 1.22 bits per heavy atom. The van der Waals surface area contributed by atoms with E-state index in [4.69, 9.17) is 21.1 Å². The standard InChI is InChI=1S/C21H20ClNO4/c1-4-26-15-7-5-6-13(10-15)18-16-11-14(22)8-9-17(16)23-19(12(2)3)20(18)27-21(24)25/h5-12H,4H2,1-3H3,(H,24,25). The Bertz CT molecular complexity index is 1000. The van der Waals surface area contributed by atoms with Crippen molar-refractivity contribution in [2.45, 2.75) is 26.7 Å². The molecule has 0 unspecified atom stereocenters. The predicted octanol–water partition coefficient (Wildman–Crippen LogP) is 6.13. The van der Waals surface area contributed by atoms with Crippen molar-refractivity contribution in [1.82, 2.24) is 4.98 Å². The first-order valence-corrected chi connectivity index (χ1v) is 9.05. The largest absolute Gasteiger partial charge is 0.511 e. The van der Waals surface area contributed by atoms with E-state index in [1.54, 1.807) is 12.1 Å². The number of fused-ring (bicyclic) bond motifs is 1. The molecule has 0 aliphatic rings. The van der Waals surface area contributed by atoms with Crippen LogP contribution in [0, 0.1) is 0 Å². The van der Waals surface area contributed by atoms with Gasteiger partial charge in [0, 0.05) is 16.0 Å². The molecule has 27 heavy (non-hydrogen) atoms. The van der Waals surface area contributed by atoms with Crippen LogP contribution in [-0.2, 0) is 0 Å². The SMILES string of the molecule is CCOc1cccc(-c2c(OC(=O)O)c(C(C)C)nc3ccc(Cl)cc23)c1. The smallest absolute Gasteiger partial charge is 0.494 e. The van der Waals surface area contributed by atoms with E-state index in [1.165, 1.54) is 0 Å². The van der Waals surface area contributed by atoms with Crippen molar-refractivity contribution in [3.63, 3.8) is 0 Å². The van der Waals surface area contributed by atoms with Gasteiger partial charge in [0.05, 0.1) is 17.8 Å². The minimum atomic E-state index is -1.39. The van der Waals surface area contributed by atoms with Crippen LogP contribution in [0.4, 0.5) is 4.79 Å². The van der Waals surface area contributed by atoms with E-state index in [2.05, 4.69) is 4.98 Å². The highest BCUT2D eigenvalue weighted by Gasteiger charge is 2.22. The molecule has 0 atom stereocenters. The van der Waals surface area contributed by atoms with Gasteiger partial charge in [-0.2, -0.15) is 0 Å². The summed E-state index contributed by atoms with van der Waals surface area (Å²) in [6.45, 7) is 6.32. The van der Waals surface area contributed by atoms with Gasteiger partial charge in [0.2, 0.25) is 0 Å². The van der Waals surface area contributed by atoms with Gasteiger partial charge < -0.3 is 14.6 Å². The summed E-state index contributed by atoms with van der Waals surface area (Å²) in [5, 5.41) is 10.6. The van der Waals surface area contributed by atoms with E-state index >= 15 is 0 Å². The third kappa shape index (κ3) is 3.98. The Kier molecular flexibility index (Phi) is 5.51. The molecule has 2 aromatic carbocycles. The summed E-state index contributed by atoms with van der Waals surface area (Å²) in [5.41, 5.74) is 2.70. The van der Waals surface area contributed by atoms with Crippen molar-refractivity contribution in [3.05, 3.63) is 53.2 Å². The average molecular weight is 386 g/mol. The maximum absolute atomic E-state index is 11.4. The first-order valence-electron chi connectivity index (χ1n) is 8.67. The van der Waals surface area contributed by atoms with Crippen LogP contribution in [0.5, 0.6) is 11.5 Å². The fourth-order valence-corrected chi connectivity index (χ4v) is 3.19. The van der Waals surface area contributed by atoms with Crippen LogP contribution in [0.3, 0.4) is 0 Å². The van der Waals surface area contributed by atoms with Crippen LogP contribution in [0.1, 0.15) is 32.4 Å². The van der Waals surface area contributed by atoms with Gasteiger partial charge in [-0.1, -0.05) is 37.6 Å². The van der Waals surface area contributed by atoms with E-state index in [-0.39, 0.29) is 11.7 Å². The molecule has 1 aromatic heterocycles. The molecule has 0 fully saturated rings. The fourth-order valence-electron chi connectivity index (χ4n) is 3.01. The molecule has 0 aliphatic heterocycles. The second-order valence-electron chi connectivity index (χ2n) is 6.35. The molecule has 0 saturated heterocycles. The monoisotopic (exact) mass is 385 g/mol. The van der Waals surface area contributed by atoms with Crippen LogP contribution in [0.15, 0.2) is 42.5 Å². The number of hydrogen-bond donors (Lipinski definition) is 1. The maximum atomic E-state index is 11.4. The number of carboxylic acid groups (broad SMARTS) is 1. The van der Waals surface area contributed by atoms with Crippen LogP contribution in [-0.4, -0.2) is 22.9 Å². The number of rotatable bonds is 5. The van der Waals surface area contributed by atoms with Gasteiger partial charge in [0.1, 0.15) is 5.75 Å². The summed E-state index contributed by atoms with van der Waals surface area (Å²) in [5.74, 6) is 0.878. The van der Waals surface area contributed by atoms with Crippen LogP contribution >= 0.6 is 11.6 Å². The normalized spacial score (nSPS) is 11.0. The summed E-state index contributed by atoms with van der Waals surface area (Å²) in [6, 6.07) is 12.8. The summed E-state index contributed by atoms with van der Waals surface area (Å²) in [6.07, 6.45) is -1.39. The molecular weight excluding hydrogens is 366 g/mol.